The molecule has 14 heteroatoms. The Kier molecular flexibility index (Phi) is 9.55. The van der Waals surface area contributed by atoms with Crippen molar-refractivity contribution in [1.82, 2.24) is 34.8 Å². The molecule has 0 spiro atoms. The molecule has 5 aromatic rings. The second kappa shape index (κ2) is 14.5. The van der Waals surface area contributed by atoms with Gasteiger partial charge in [0.1, 0.15) is 11.4 Å². The van der Waals surface area contributed by atoms with Crippen molar-refractivity contribution in [2.45, 2.75) is 19.4 Å². The Bertz CT molecular complexity index is 2090. The van der Waals surface area contributed by atoms with E-state index < -0.39 is 5.82 Å². The number of carbonyl (C=O) groups excluding carboxylic acids is 2. The lowest BCUT2D eigenvalue weighted by Gasteiger charge is -2.35. The number of methoxy groups -OCH3 is 2. The molecule has 3 aromatic heterocycles. The standard InChI is InChI=1S/C37H40FN9O4/c1-39-25-8-9-26(32(20-25)51-3)28-21-27(24-6-5-13-46(23-24)33(48)10-14-47-15-12-41-43-47)34(38)35-29(28)22-30(42-35)37(49)45-18-16-44(17-19-45)36-31(50-2)7-4-11-40-36/h4,6-9,11-12,15,20-22,39,42H,5,10,13-14,16-19,23H2,1-3H3. The summed E-state index contributed by atoms with van der Waals surface area (Å²) in [5.74, 6) is 1.27. The van der Waals surface area contributed by atoms with E-state index in [4.69, 9.17) is 9.47 Å². The lowest BCUT2D eigenvalue weighted by molar-refractivity contribution is -0.131. The lowest BCUT2D eigenvalue weighted by atomic mass is 9.92. The number of carbonyl (C=O) groups is 2. The van der Waals surface area contributed by atoms with Crippen LogP contribution >= 0.6 is 0 Å². The zero-order valence-electron chi connectivity index (χ0n) is 28.9. The summed E-state index contributed by atoms with van der Waals surface area (Å²) in [6, 6.07) is 13.0. The minimum Gasteiger partial charge on any atom is -0.496 e. The highest BCUT2D eigenvalue weighted by Crippen LogP contribution is 2.41. The van der Waals surface area contributed by atoms with E-state index in [0.717, 1.165) is 17.1 Å². The molecular formula is C37H40FN9O4. The van der Waals surface area contributed by atoms with Gasteiger partial charge in [0.15, 0.2) is 17.4 Å². The Morgan fingerprint density at radius 1 is 0.941 bits per heavy atom. The number of aromatic amines is 1. The summed E-state index contributed by atoms with van der Waals surface area (Å²) in [7, 11) is 5.04. The van der Waals surface area contributed by atoms with Crippen LogP contribution in [-0.4, -0.2) is 107 Å². The van der Waals surface area contributed by atoms with Gasteiger partial charge in [-0.1, -0.05) is 11.3 Å². The second-order valence-electron chi connectivity index (χ2n) is 12.5. The molecule has 1 saturated heterocycles. The fraction of sp³-hybridized carbons (Fsp3) is 0.324. The Labute approximate surface area is 294 Å². The summed E-state index contributed by atoms with van der Waals surface area (Å²) in [4.78, 5) is 40.4. The van der Waals surface area contributed by atoms with Crippen LogP contribution in [0.2, 0.25) is 0 Å². The van der Waals surface area contributed by atoms with Crippen molar-refractivity contribution in [3.63, 3.8) is 0 Å². The highest BCUT2D eigenvalue weighted by atomic mass is 19.1. The van der Waals surface area contributed by atoms with E-state index in [2.05, 4.69) is 30.5 Å². The van der Waals surface area contributed by atoms with Crippen LogP contribution in [0.1, 0.15) is 28.9 Å². The first kappa shape index (κ1) is 33.6. The third-order valence-electron chi connectivity index (χ3n) is 9.58. The van der Waals surface area contributed by atoms with Crippen molar-refractivity contribution in [1.29, 1.82) is 0 Å². The number of ether oxygens (including phenoxy) is 2. The number of piperazine rings is 1. The molecule has 0 saturated carbocycles. The van der Waals surface area contributed by atoms with Crippen LogP contribution < -0.4 is 19.7 Å². The van der Waals surface area contributed by atoms with E-state index >= 15 is 4.39 Å². The van der Waals surface area contributed by atoms with Crippen LogP contribution in [-0.2, 0) is 11.3 Å². The van der Waals surface area contributed by atoms with Crippen molar-refractivity contribution < 1.29 is 23.5 Å². The number of fused-ring (bicyclic) bond motifs is 1. The fourth-order valence-electron chi connectivity index (χ4n) is 6.84. The number of hydrogen-bond acceptors (Lipinski definition) is 9. The van der Waals surface area contributed by atoms with Gasteiger partial charge in [0.05, 0.1) is 32.5 Å². The molecule has 1 fully saturated rings. The quantitative estimate of drug-likeness (QED) is 0.214. The molecule has 0 bridgehead atoms. The summed E-state index contributed by atoms with van der Waals surface area (Å²) >= 11 is 0. The molecule has 2 aliphatic heterocycles. The number of H-pyrrole nitrogens is 1. The van der Waals surface area contributed by atoms with Crippen molar-refractivity contribution in [3.8, 4) is 22.6 Å². The Balaban J connectivity index is 1.21. The van der Waals surface area contributed by atoms with Gasteiger partial charge in [0.2, 0.25) is 5.91 Å². The van der Waals surface area contributed by atoms with Crippen LogP contribution in [0.4, 0.5) is 15.9 Å². The smallest absolute Gasteiger partial charge is 0.270 e. The number of hydrogen-bond donors (Lipinski definition) is 2. The van der Waals surface area contributed by atoms with E-state index in [9.17, 15) is 9.59 Å². The number of nitrogens with one attached hydrogen (secondary N) is 2. The van der Waals surface area contributed by atoms with Crippen LogP contribution in [0.5, 0.6) is 11.5 Å². The van der Waals surface area contributed by atoms with Gasteiger partial charge in [0.25, 0.3) is 5.91 Å². The lowest BCUT2D eigenvalue weighted by Crippen LogP contribution is -2.49. The van der Waals surface area contributed by atoms with E-state index in [1.54, 1.807) is 53.4 Å². The van der Waals surface area contributed by atoms with Crippen LogP contribution in [0.3, 0.4) is 0 Å². The fourth-order valence-corrected chi connectivity index (χ4v) is 6.84. The third kappa shape index (κ3) is 6.68. The summed E-state index contributed by atoms with van der Waals surface area (Å²) in [5, 5.41) is 11.4. The third-order valence-corrected chi connectivity index (χ3v) is 9.58. The number of halogens is 1. The van der Waals surface area contributed by atoms with E-state index in [-0.39, 0.29) is 30.3 Å². The van der Waals surface area contributed by atoms with E-state index in [1.807, 2.05) is 49.5 Å². The van der Waals surface area contributed by atoms with Gasteiger partial charge < -0.3 is 34.5 Å². The predicted octanol–water partition coefficient (Wildman–Crippen LogP) is 4.69. The van der Waals surface area contributed by atoms with Gasteiger partial charge in [0, 0.05) is 93.4 Å². The maximum atomic E-state index is 16.8. The molecule has 7 rings (SSSR count). The summed E-state index contributed by atoms with van der Waals surface area (Å²) in [5.41, 5.74) is 3.89. The molecular weight excluding hydrogens is 653 g/mol. The van der Waals surface area contributed by atoms with Crippen molar-refractivity contribution in [2.75, 3.05) is 70.8 Å². The summed E-state index contributed by atoms with van der Waals surface area (Å²) in [6.45, 7) is 3.26. The van der Waals surface area contributed by atoms with Crippen LogP contribution in [0, 0.1) is 5.82 Å². The van der Waals surface area contributed by atoms with Gasteiger partial charge in [-0.25, -0.2) is 9.37 Å². The Morgan fingerprint density at radius 3 is 2.51 bits per heavy atom. The highest BCUT2D eigenvalue weighted by Gasteiger charge is 2.29. The number of benzene rings is 2. The number of rotatable bonds is 10. The number of aromatic nitrogens is 5. The topological polar surface area (TPSA) is 134 Å². The number of amides is 2. The minimum absolute atomic E-state index is 0.0449. The van der Waals surface area contributed by atoms with Crippen LogP contribution in [0.15, 0.2) is 67.1 Å². The molecule has 13 nitrogen and oxygen atoms in total. The molecule has 2 aromatic carbocycles. The van der Waals surface area contributed by atoms with Crippen molar-refractivity contribution in [2.24, 2.45) is 0 Å². The monoisotopic (exact) mass is 693 g/mol. The largest absolute Gasteiger partial charge is 0.496 e. The number of nitrogens with zero attached hydrogens (tertiary/aromatic N) is 7. The number of pyridine rings is 1. The highest BCUT2D eigenvalue weighted by molar-refractivity contribution is 6.05. The predicted molar refractivity (Wildman–Crippen MR) is 193 cm³/mol. The molecule has 0 unspecified atom stereocenters. The SMILES string of the molecule is CNc1ccc(-c2cc(C3=CCCN(C(=O)CCn4ccnn4)C3)c(F)c3[nH]c(C(=O)N4CCN(c5ncccc5OC)CC4)cc23)c(OC)c1. The molecule has 264 valence electrons. The molecule has 0 radical (unpaired) electrons. The molecule has 2 amide bonds. The summed E-state index contributed by atoms with van der Waals surface area (Å²) < 4.78 is 29.7. The number of aryl methyl sites for hydroxylation is 1. The Hall–Kier alpha value is -5.92. The molecule has 5 heterocycles. The first-order chi connectivity index (χ1) is 24.9. The van der Waals surface area contributed by atoms with Crippen molar-refractivity contribution >= 4 is 39.8 Å². The van der Waals surface area contributed by atoms with Crippen molar-refractivity contribution in [3.05, 3.63) is 84.2 Å². The van der Waals surface area contributed by atoms with Gasteiger partial charge in [-0.2, -0.15) is 0 Å². The minimum atomic E-state index is -0.478. The maximum absolute atomic E-state index is 16.8. The number of anilines is 2. The Morgan fingerprint density at radius 2 is 1.76 bits per heavy atom. The van der Waals surface area contributed by atoms with Gasteiger partial charge in [-0.05, 0) is 54.0 Å². The normalized spacial score (nSPS) is 14.8. The molecule has 2 N–H and O–H groups in total. The molecule has 0 aliphatic carbocycles. The second-order valence-corrected chi connectivity index (χ2v) is 12.5. The molecule has 0 atom stereocenters. The first-order valence-corrected chi connectivity index (χ1v) is 16.9. The average molecular weight is 694 g/mol. The van der Waals surface area contributed by atoms with E-state index in [1.165, 1.54) is 0 Å². The summed E-state index contributed by atoms with van der Waals surface area (Å²) in [6.07, 6.45) is 7.84. The molecule has 2 aliphatic rings. The van der Waals surface area contributed by atoms with Gasteiger partial charge in [-0.15, -0.1) is 5.10 Å². The zero-order valence-corrected chi connectivity index (χ0v) is 28.9. The zero-order chi connectivity index (χ0) is 35.5. The first-order valence-electron chi connectivity index (χ1n) is 16.9. The maximum Gasteiger partial charge on any atom is 0.270 e. The van der Waals surface area contributed by atoms with E-state index in [0.29, 0.717) is 85.0 Å². The average Bonchev–Trinajstić information content (AvgIpc) is 3.88. The van der Waals surface area contributed by atoms with Crippen LogP contribution in [0.25, 0.3) is 27.6 Å². The van der Waals surface area contributed by atoms with Gasteiger partial charge >= 0.3 is 0 Å². The molecule has 51 heavy (non-hydrogen) atoms. The van der Waals surface area contributed by atoms with Gasteiger partial charge in [-0.3, -0.25) is 14.3 Å².